The number of nitrogens with two attached hydrogens (primary N) is 1. The van der Waals surface area contributed by atoms with Crippen molar-refractivity contribution in [2.75, 3.05) is 5.73 Å². The van der Waals surface area contributed by atoms with E-state index < -0.39 is 4.92 Å². The maximum atomic E-state index is 10.6. The third-order valence-electron chi connectivity index (χ3n) is 2.56. The van der Waals surface area contributed by atoms with E-state index in [1.54, 1.807) is 18.2 Å². The number of hydrogen-bond acceptors (Lipinski definition) is 4. The summed E-state index contributed by atoms with van der Waals surface area (Å²) in [6.45, 7) is 1.86. The standard InChI is InChI=1S/C13H11ClN2O3/c1-8-6-10(3-4-11(8)14)19-13-5-2-9(16(17)18)7-12(13)15/h2-7H,15H2,1H3. The molecule has 0 aliphatic heterocycles. The minimum atomic E-state index is -0.507. The number of nitro groups is 1. The van der Waals surface area contributed by atoms with Crippen molar-refractivity contribution in [1.82, 2.24) is 0 Å². The van der Waals surface area contributed by atoms with Crippen LogP contribution in [0.5, 0.6) is 11.5 Å². The molecule has 0 spiro atoms. The molecule has 0 fully saturated rings. The predicted molar refractivity (Wildman–Crippen MR) is 73.8 cm³/mol. The number of benzene rings is 2. The molecule has 6 heteroatoms. The molecule has 2 aromatic rings. The number of ether oxygens (including phenoxy) is 1. The van der Waals surface area contributed by atoms with Gasteiger partial charge in [0.25, 0.3) is 5.69 Å². The van der Waals surface area contributed by atoms with Crippen molar-refractivity contribution in [3.8, 4) is 11.5 Å². The van der Waals surface area contributed by atoms with Crippen molar-refractivity contribution in [1.29, 1.82) is 0 Å². The first-order valence-electron chi connectivity index (χ1n) is 5.45. The minimum Gasteiger partial charge on any atom is -0.455 e. The molecule has 0 radical (unpaired) electrons. The van der Waals surface area contributed by atoms with E-state index in [2.05, 4.69) is 0 Å². The Bertz CT molecular complexity index is 644. The first kappa shape index (κ1) is 13.2. The summed E-state index contributed by atoms with van der Waals surface area (Å²) in [5, 5.41) is 11.2. The molecule has 0 heterocycles. The first-order valence-corrected chi connectivity index (χ1v) is 5.83. The minimum absolute atomic E-state index is 0.0721. The Labute approximate surface area is 114 Å². The monoisotopic (exact) mass is 278 g/mol. The highest BCUT2D eigenvalue weighted by Crippen LogP contribution is 2.31. The van der Waals surface area contributed by atoms with Crippen molar-refractivity contribution in [3.63, 3.8) is 0 Å². The van der Waals surface area contributed by atoms with Crippen molar-refractivity contribution >= 4 is 23.0 Å². The summed E-state index contributed by atoms with van der Waals surface area (Å²) in [5.41, 5.74) is 6.73. The van der Waals surface area contributed by atoms with Gasteiger partial charge in [0, 0.05) is 17.2 Å². The van der Waals surface area contributed by atoms with Crippen molar-refractivity contribution in [2.45, 2.75) is 6.92 Å². The zero-order valence-electron chi connectivity index (χ0n) is 10.1. The third kappa shape index (κ3) is 2.95. The molecular formula is C13H11ClN2O3. The van der Waals surface area contributed by atoms with Crippen LogP contribution in [0.3, 0.4) is 0 Å². The fourth-order valence-corrected chi connectivity index (χ4v) is 1.67. The normalized spacial score (nSPS) is 10.2. The Morgan fingerprint density at radius 2 is 2.00 bits per heavy atom. The number of halogens is 1. The lowest BCUT2D eigenvalue weighted by Crippen LogP contribution is -1.95. The number of nitrogen functional groups attached to an aromatic ring is 1. The first-order chi connectivity index (χ1) is 8.97. The third-order valence-corrected chi connectivity index (χ3v) is 2.99. The zero-order chi connectivity index (χ0) is 14.0. The molecule has 0 amide bonds. The summed E-state index contributed by atoms with van der Waals surface area (Å²) in [4.78, 5) is 10.1. The van der Waals surface area contributed by atoms with Crippen molar-refractivity contribution in [2.24, 2.45) is 0 Å². The van der Waals surface area contributed by atoms with E-state index in [0.29, 0.717) is 16.5 Å². The topological polar surface area (TPSA) is 78.4 Å². The van der Waals surface area contributed by atoms with E-state index in [-0.39, 0.29) is 11.4 Å². The maximum Gasteiger partial charge on any atom is 0.271 e. The van der Waals surface area contributed by atoms with Gasteiger partial charge < -0.3 is 10.5 Å². The number of hydrogen-bond donors (Lipinski definition) is 1. The van der Waals surface area contributed by atoms with Gasteiger partial charge in [-0.2, -0.15) is 0 Å². The van der Waals surface area contributed by atoms with Crippen LogP contribution in [0.2, 0.25) is 5.02 Å². The van der Waals surface area contributed by atoms with Crippen LogP contribution < -0.4 is 10.5 Å². The van der Waals surface area contributed by atoms with Crippen LogP contribution in [0.15, 0.2) is 36.4 Å². The van der Waals surface area contributed by atoms with Crippen LogP contribution in [0.1, 0.15) is 5.56 Å². The number of non-ortho nitro benzene ring substituents is 1. The van der Waals surface area contributed by atoms with Gasteiger partial charge in [-0.05, 0) is 36.8 Å². The molecule has 2 N–H and O–H groups in total. The number of nitrogens with zero attached hydrogens (tertiary/aromatic N) is 1. The van der Waals surface area contributed by atoms with Crippen LogP contribution in [-0.2, 0) is 0 Å². The van der Waals surface area contributed by atoms with E-state index in [0.717, 1.165) is 5.56 Å². The van der Waals surface area contributed by atoms with Crippen LogP contribution in [-0.4, -0.2) is 4.92 Å². The molecule has 2 aromatic carbocycles. The van der Waals surface area contributed by atoms with Gasteiger partial charge >= 0.3 is 0 Å². The van der Waals surface area contributed by atoms with Gasteiger partial charge in [-0.25, -0.2) is 0 Å². The number of aryl methyl sites for hydroxylation is 1. The smallest absolute Gasteiger partial charge is 0.271 e. The average Bonchev–Trinajstić information content (AvgIpc) is 2.36. The molecule has 0 atom stereocenters. The summed E-state index contributed by atoms with van der Waals surface area (Å²) in [6, 6.07) is 9.26. The Morgan fingerprint density at radius 1 is 1.26 bits per heavy atom. The molecule has 5 nitrogen and oxygen atoms in total. The molecule has 2 rings (SSSR count). The Balaban J connectivity index is 2.28. The van der Waals surface area contributed by atoms with Crippen LogP contribution in [0, 0.1) is 17.0 Å². The van der Waals surface area contributed by atoms with Crippen LogP contribution in [0.25, 0.3) is 0 Å². The van der Waals surface area contributed by atoms with E-state index in [1.807, 2.05) is 6.92 Å². The lowest BCUT2D eigenvalue weighted by Gasteiger charge is -2.09. The Kier molecular flexibility index (Phi) is 3.57. The lowest BCUT2D eigenvalue weighted by atomic mass is 10.2. The number of nitro benzene ring substituents is 1. The summed E-state index contributed by atoms with van der Waals surface area (Å²) in [7, 11) is 0. The molecule has 19 heavy (non-hydrogen) atoms. The molecule has 0 aliphatic carbocycles. The predicted octanol–water partition coefficient (Wildman–Crippen LogP) is 3.93. The molecular weight excluding hydrogens is 268 g/mol. The molecule has 0 bridgehead atoms. The fraction of sp³-hybridized carbons (Fsp3) is 0.0769. The summed E-state index contributed by atoms with van der Waals surface area (Å²) in [5.74, 6) is 0.940. The second-order valence-electron chi connectivity index (χ2n) is 3.99. The van der Waals surface area contributed by atoms with Gasteiger partial charge in [0.15, 0.2) is 5.75 Å². The Hall–Kier alpha value is -2.27. The molecule has 0 aliphatic rings. The maximum absolute atomic E-state index is 10.6. The Morgan fingerprint density at radius 3 is 2.58 bits per heavy atom. The highest BCUT2D eigenvalue weighted by Gasteiger charge is 2.10. The quantitative estimate of drug-likeness (QED) is 0.524. The van der Waals surface area contributed by atoms with Gasteiger partial charge in [-0.1, -0.05) is 11.6 Å². The van der Waals surface area contributed by atoms with Gasteiger partial charge in [0.2, 0.25) is 0 Å². The largest absolute Gasteiger partial charge is 0.455 e. The van der Waals surface area contributed by atoms with Gasteiger partial charge in [-0.15, -0.1) is 0 Å². The molecule has 0 aromatic heterocycles. The van der Waals surface area contributed by atoms with E-state index in [9.17, 15) is 10.1 Å². The lowest BCUT2D eigenvalue weighted by molar-refractivity contribution is -0.384. The fourth-order valence-electron chi connectivity index (χ4n) is 1.55. The SMILES string of the molecule is Cc1cc(Oc2ccc([N+](=O)[O-])cc2N)ccc1Cl. The highest BCUT2D eigenvalue weighted by molar-refractivity contribution is 6.31. The number of anilines is 1. The number of rotatable bonds is 3. The van der Waals surface area contributed by atoms with Crippen LogP contribution >= 0.6 is 11.6 Å². The molecule has 0 saturated carbocycles. The molecule has 0 unspecified atom stereocenters. The molecule has 98 valence electrons. The van der Waals surface area contributed by atoms with Gasteiger partial charge in [0.05, 0.1) is 10.6 Å². The summed E-state index contributed by atoms with van der Waals surface area (Å²) in [6.07, 6.45) is 0. The van der Waals surface area contributed by atoms with Crippen molar-refractivity contribution in [3.05, 3.63) is 57.1 Å². The summed E-state index contributed by atoms with van der Waals surface area (Å²) >= 11 is 5.92. The molecule has 0 saturated heterocycles. The van der Waals surface area contributed by atoms with E-state index >= 15 is 0 Å². The second-order valence-corrected chi connectivity index (χ2v) is 4.40. The second kappa shape index (κ2) is 5.16. The average molecular weight is 279 g/mol. The van der Waals surface area contributed by atoms with E-state index in [4.69, 9.17) is 22.1 Å². The van der Waals surface area contributed by atoms with E-state index in [1.165, 1.54) is 18.2 Å². The van der Waals surface area contributed by atoms with Gasteiger partial charge in [-0.3, -0.25) is 10.1 Å². The zero-order valence-corrected chi connectivity index (χ0v) is 10.8. The van der Waals surface area contributed by atoms with Crippen LogP contribution in [0.4, 0.5) is 11.4 Å². The highest BCUT2D eigenvalue weighted by atomic mass is 35.5. The van der Waals surface area contributed by atoms with Crippen molar-refractivity contribution < 1.29 is 9.66 Å². The van der Waals surface area contributed by atoms with Gasteiger partial charge in [0.1, 0.15) is 5.75 Å². The summed E-state index contributed by atoms with van der Waals surface area (Å²) < 4.78 is 5.57.